The van der Waals surface area contributed by atoms with E-state index in [2.05, 4.69) is 44.8 Å². The van der Waals surface area contributed by atoms with Gasteiger partial charge in [-0.1, -0.05) is 209 Å². The fourth-order valence-electron chi connectivity index (χ4n) is 8.86. The third kappa shape index (κ3) is 35.6. The highest BCUT2D eigenvalue weighted by Crippen LogP contribution is 2.41. The molecule has 8 rings (SSSR count). The number of ether oxygens (including phenoxy) is 1. The van der Waals surface area contributed by atoms with E-state index in [1.165, 1.54) is 61.9 Å². The van der Waals surface area contributed by atoms with Crippen LogP contribution in [0.15, 0.2) is 158 Å². The topological polar surface area (TPSA) is 83.5 Å². The number of methoxy groups -OCH3 is 1. The number of halogens is 20. The van der Waals surface area contributed by atoms with Gasteiger partial charge in [0, 0.05) is 37.6 Å². The second-order valence-electron chi connectivity index (χ2n) is 25.5. The second kappa shape index (κ2) is 44.5. The quantitative estimate of drug-likeness (QED) is 0.0810. The lowest BCUT2D eigenvalue weighted by Crippen LogP contribution is -2.28. The highest BCUT2D eigenvalue weighted by molar-refractivity contribution is 6.32. The summed E-state index contributed by atoms with van der Waals surface area (Å²) in [7, 11) is 1.68. The number of nitrogens with zero attached hydrogens (tertiary/aromatic N) is 2. The molecular formula is C79H95Cl3F17N2O4+. The molecule has 0 amide bonds. The average Bonchev–Trinajstić information content (AvgIpc) is 0.809. The molecular weight excluding hydrogens is 1470 g/mol. The lowest BCUT2D eigenvalue weighted by Gasteiger charge is -2.17. The number of alkyl halides is 15. The van der Waals surface area contributed by atoms with Crippen LogP contribution >= 0.6 is 34.8 Å². The largest absolute Gasteiger partial charge is 0.497 e. The number of aromatic nitrogens is 2. The van der Waals surface area contributed by atoms with Gasteiger partial charge in [0.25, 0.3) is 0 Å². The molecule has 0 unspecified atom stereocenters. The normalized spacial score (nSPS) is 11.4. The van der Waals surface area contributed by atoms with Crippen LogP contribution < -0.4 is 9.47 Å². The third-order valence-corrected chi connectivity index (χ3v) is 15.5. The minimum atomic E-state index is -4.78. The number of hydrogen-bond acceptors (Lipinski definition) is 4. The van der Waals surface area contributed by atoms with Gasteiger partial charge in [0.2, 0.25) is 12.4 Å². The van der Waals surface area contributed by atoms with Crippen LogP contribution in [0.3, 0.4) is 0 Å². The molecule has 2 N–H and O–H groups in total. The van der Waals surface area contributed by atoms with Gasteiger partial charge >= 0.3 is 36.9 Å². The molecule has 0 aliphatic rings. The van der Waals surface area contributed by atoms with Gasteiger partial charge < -0.3 is 9.84 Å². The highest BCUT2D eigenvalue weighted by atomic mass is 35.5. The minimum absolute atomic E-state index is 0. The molecule has 0 bridgehead atoms. The predicted molar refractivity (Wildman–Crippen MR) is 386 cm³/mol. The summed E-state index contributed by atoms with van der Waals surface area (Å²) in [5, 5.41) is 18.3. The number of hydrogen-bond donors (Lipinski definition) is 2. The van der Waals surface area contributed by atoms with E-state index >= 15 is 0 Å². The van der Waals surface area contributed by atoms with Crippen molar-refractivity contribution in [1.82, 2.24) is 4.98 Å². The van der Waals surface area contributed by atoms with Crippen LogP contribution in [-0.4, -0.2) is 28.4 Å². The van der Waals surface area contributed by atoms with Crippen molar-refractivity contribution in [1.29, 1.82) is 0 Å². The van der Waals surface area contributed by atoms with Gasteiger partial charge in [0.05, 0.1) is 34.9 Å². The molecule has 0 aliphatic heterocycles. The van der Waals surface area contributed by atoms with Crippen molar-refractivity contribution in [2.24, 2.45) is 0 Å². The van der Waals surface area contributed by atoms with E-state index in [0.717, 1.165) is 63.1 Å². The predicted octanol–water partition coefficient (Wildman–Crippen LogP) is 28.7. The molecule has 2 aromatic heterocycles. The molecule has 0 atom stereocenters. The van der Waals surface area contributed by atoms with Crippen molar-refractivity contribution in [3.05, 3.63) is 263 Å². The molecule has 0 saturated heterocycles. The Morgan fingerprint density at radius 3 is 1.10 bits per heavy atom. The summed E-state index contributed by atoms with van der Waals surface area (Å²) in [5.41, 5.74) is 0.921. The lowest BCUT2D eigenvalue weighted by atomic mass is 9.95. The summed E-state index contributed by atoms with van der Waals surface area (Å²) in [6.07, 6.45) is -17.8. The molecule has 584 valence electrons. The Hall–Kier alpha value is -7.63. The van der Waals surface area contributed by atoms with E-state index in [1.807, 2.05) is 65.8 Å². The van der Waals surface area contributed by atoms with Crippen molar-refractivity contribution in [2.75, 3.05) is 7.11 Å². The van der Waals surface area contributed by atoms with Gasteiger partial charge in [-0.05, 0) is 171 Å². The van der Waals surface area contributed by atoms with Crippen LogP contribution in [0.1, 0.15) is 256 Å². The minimum Gasteiger partial charge on any atom is -0.497 e. The number of carboxylic acid groups (broad SMARTS) is 1. The fraction of sp³-hybridized carbons (Fsp3) is 0.405. The lowest BCUT2D eigenvalue weighted by molar-refractivity contribution is -0.905. The van der Waals surface area contributed by atoms with E-state index in [1.54, 1.807) is 65.5 Å². The number of carbonyl (C=O) groups is 1. The Morgan fingerprint density at radius 1 is 0.410 bits per heavy atom. The van der Waals surface area contributed by atoms with Gasteiger partial charge in [-0.2, -0.15) is 65.9 Å². The fourth-order valence-corrected chi connectivity index (χ4v) is 9.82. The Kier molecular flexibility index (Phi) is 42.1. The number of aromatic carboxylic acids is 1. The van der Waals surface area contributed by atoms with E-state index in [4.69, 9.17) is 49.9 Å². The van der Waals surface area contributed by atoms with E-state index in [9.17, 15) is 79.4 Å². The molecule has 26 heteroatoms. The van der Waals surface area contributed by atoms with E-state index < -0.39 is 76.4 Å². The summed E-state index contributed by atoms with van der Waals surface area (Å²) in [4.78, 5) is 14.2. The van der Waals surface area contributed by atoms with Crippen molar-refractivity contribution >= 4 is 40.8 Å². The summed E-state index contributed by atoms with van der Waals surface area (Å²) in [6, 6.07) is 31.6. The molecule has 0 radical (unpaired) electrons. The first-order valence-corrected chi connectivity index (χ1v) is 33.2. The summed E-state index contributed by atoms with van der Waals surface area (Å²) < 4.78 is 218. The van der Waals surface area contributed by atoms with Gasteiger partial charge in [0.1, 0.15) is 23.1 Å². The van der Waals surface area contributed by atoms with Crippen molar-refractivity contribution in [2.45, 2.75) is 204 Å². The maximum atomic E-state index is 12.6. The van der Waals surface area contributed by atoms with E-state index in [-0.39, 0.29) is 76.9 Å². The molecule has 0 aliphatic carbocycles. The molecule has 0 spiro atoms. The molecule has 6 nitrogen and oxygen atoms in total. The average molecular weight is 1570 g/mol. The summed E-state index contributed by atoms with van der Waals surface area (Å²) in [5.74, 6) is -0.181. The van der Waals surface area contributed by atoms with Crippen LogP contribution in [-0.2, 0) is 30.9 Å². The van der Waals surface area contributed by atoms with Crippen molar-refractivity contribution < 1.29 is 99.2 Å². The number of carboxylic acids is 1. The molecule has 2 heterocycles. The third-order valence-electron chi connectivity index (χ3n) is 14.7. The maximum Gasteiger partial charge on any atom is 0.416 e. The molecule has 0 saturated carbocycles. The van der Waals surface area contributed by atoms with Gasteiger partial charge in [-0.3, -0.25) is 5.21 Å². The van der Waals surface area contributed by atoms with Crippen LogP contribution in [0.2, 0.25) is 15.1 Å². The first-order valence-electron chi connectivity index (χ1n) is 32.0. The van der Waals surface area contributed by atoms with Crippen LogP contribution in [0.5, 0.6) is 5.75 Å². The summed E-state index contributed by atoms with van der Waals surface area (Å²) in [6.45, 7) is 30.2. The second-order valence-corrected chi connectivity index (χ2v) is 26.7. The maximum absolute atomic E-state index is 12.6. The Morgan fingerprint density at radius 2 is 0.762 bits per heavy atom. The van der Waals surface area contributed by atoms with Gasteiger partial charge in [0.15, 0.2) is 0 Å². The molecule has 105 heavy (non-hydrogen) atoms. The van der Waals surface area contributed by atoms with Crippen LogP contribution in [0.25, 0.3) is 0 Å². The zero-order chi connectivity index (χ0) is 79.6. The van der Waals surface area contributed by atoms with Gasteiger partial charge in [-0.25, -0.2) is 18.6 Å². The molecule has 0 fully saturated rings. The SMILES string of the molecule is C.C.CC(C)c1ccc(C(=O)O)nc1.CC(C)c1ccc(C(F)(F)F)cc1C(F)(F)F.CC(C)c1ccc(C(F)(F)F)cc1Cl.CC(C)c1ccc(Cl)cc1C(F)(F)F.CC(C)c1ccc(F)cc1C(F)(F)F.CC(C)c1ccc(F)cc1Cl.CC(C)c1ccc[n+](O)c1.COc1ccc(C(C)C)cc1. The van der Waals surface area contributed by atoms with Crippen molar-refractivity contribution in [3.63, 3.8) is 0 Å². The first kappa shape index (κ1) is 99.4. The smallest absolute Gasteiger partial charge is 0.416 e. The van der Waals surface area contributed by atoms with Crippen LogP contribution in [0.4, 0.5) is 74.6 Å². The monoisotopic (exact) mass is 1560 g/mol. The number of benzene rings is 6. The summed E-state index contributed by atoms with van der Waals surface area (Å²) >= 11 is 17.0. The van der Waals surface area contributed by atoms with Crippen molar-refractivity contribution in [3.8, 4) is 5.75 Å². The zero-order valence-electron chi connectivity index (χ0n) is 59.8. The molecule has 6 aromatic carbocycles. The van der Waals surface area contributed by atoms with Gasteiger partial charge in [-0.15, -0.1) is 0 Å². The Bertz CT molecular complexity index is 3800. The molecule has 8 aromatic rings. The zero-order valence-corrected chi connectivity index (χ0v) is 62.1. The standard InChI is InChI=1S/C11H10F6.2C10H10ClF3.C10H10F4.C10H14O.C9H10ClF.C9H11NO2.C8H12NO.2CH4/c1-6(2)8-4-3-7(10(12,13)14)5-9(8)11(15,16)17;1-6(2)8-4-3-7(11)5-9(8)10(12,13)14;1-6(2)8-4-3-7(5-9(8)11)10(12,13)14;1-6(2)8-4-3-7(11)5-9(8)10(12,13)14;1-8(2)9-4-6-10(11-3)7-5-9;1-6(2)8-4-3-7(11)5-9(8)10;1-6(2)7-3-4-8(9(11)12)10-5-7;1-7(2)8-4-3-5-9(10)6-8;;/h3-6H,1-2H3;3*3-6H,1-2H3;4-8H,1-3H3;3-6H,1-2H3;3-6H,1-2H3,(H,11,12);3-7,10H,1-2H3;2*1H4/q;;;;;;;+1;;. The highest BCUT2D eigenvalue weighted by Gasteiger charge is 2.39. The Labute approximate surface area is 621 Å². The van der Waals surface area contributed by atoms with E-state index in [0.29, 0.717) is 40.8 Å². The number of pyridine rings is 2. The Balaban J connectivity index is 0. The number of rotatable bonds is 10. The first-order chi connectivity index (χ1) is 47.1. The van der Waals surface area contributed by atoms with Crippen LogP contribution in [0, 0.1) is 11.6 Å².